The van der Waals surface area contributed by atoms with Crippen LogP contribution in [0.1, 0.15) is 42.0 Å². The molecule has 5 heteroatoms. The Bertz CT molecular complexity index is 820. The second-order valence-electron chi connectivity index (χ2n) is 6.03. The molecule has 0 spiro atoms. The molecule has 1 aliphatic rings. The zero-order valence-corrected chi connectivity index (χ0v) is 13.1. The minimum absolute atomic E-state index is 0.110. The zero-order valence-electron chi connectivity index (χ0n) is 13.1. The molecule has 0 radical (unpaired) electrons. The highest BCUT2D eigenvalue weighted by Crippen LogP contribution is 2.42. The Morgan fingerprint density at radius 3 is 2.17 bits per heavy atom. The molecule has 1 aliphatic carbocycles. The molecule has 0 unspecified atom stereocenters. The van der Waals surface area contributed by atoms with Crippen LogP contribution in [0.2, 0.25) is 0 Å². The van der Waals surface area contributed by atoms with Gasteiger partial charge in [0.2, 0.25) is 0 Å². The third-order valence-electron chi connectivity index (χ3n) is 4.45. The summed E-state index contributed by atoms with van der Waals surface area (Å²) >= 11 is 0. The standard InChI is InChI=1S/C19H17F3O2/c1-11-15-7-5-13(23)9-12(15)3-2-4-16(11)17-8-6-14(24)10-18(17)19(20,21)22/h5-10,23-24H,2-4H2,1H3. The first-order chi connectivity index (χ1) is 11.3. The molecule has 3 rings (SSSR count). The van der Waals surface area contributed by atoms with Crippen LogP contribution in [0.5, 0.6) is 11.5 Å². The monoisotopic (exact) mass is 334 g/mol. The van der Waals surface area contributed by atoms with E-state index in [1.807, 2.05) is 6.92 Å². The lowest BCUT2D eigenvalue weighted by atomic mass is 9.90. The number of alkyl halides is 3. The number of fused-ring (bicyclic) bond motifs is 1. The molecule has 0 amide bonds. The highest BCUT2D eigenvalue weighted by molar-refractivity contribution is 5.92. The number of phenolic OH excluding ortho intramolecular Hbond substituents is 2. The summed E-state index contributed by atoms with van der Waals surface area (Å²) < 4.78 is 40.2. The van der Waals surface area contributed by atoms with Crippen molar-refractivity contribution in [3.05, 3.63) is 58.7 Å². The molecule has 0 heterocycles. The van der Waals surface area contributed by atoms with Gasteiger partial charge < -0.3 is 10.2 Å². The maximum absolute atomic E-state index is 13.4. The average molecular weight is 334 g/mol. The number of aryl methyl sites for hydroxylation is 1. The molecule has 0 aromatic heterocycles. The fraction of sp³-hybridized carbons (Fsp3) is 0.263. The van der Waals surface area contributed by atoms with Crippen molar-refractivity contribution in [2.75, 3.05) is 0 Å². The first-order valence-corrected chi connectivity index (χ1v) is 7.70. The summed E-state index contributed by atoms with van der Waals surface area (Å²) in [5, 5.41) is 19.1. The van der Waals surface area contributed by atoms with Crippen LogP contribution in [0, 0.1) is 0 Å². The maximum atomic E-state index is 13.4. The lowest BCUT2D eigenvalue weighted by Crippen LogP contribution is -2.09. The van der Waals surface area contributed by atoms with Gasteiger partial charge in [-0.1, -0.05) is 12.1 Å². The Hall–Kier alpha value is -2.43. The molecule has 0 saturated heterocycles. The van der Waals surface area contributed by atoms with E-state index in [0.717, 1.165) is 22.8 Å². The molecule has 2 aromatic rings. The van der Waals surface area contributed by atoms with E-state index in [1.54, 1.807) is 18.2 Å². The Morgan fingerprint density at radius 1 is 0.875 bits per heavy atom. The minimum Gasteiger partial charge on any atom is -0.508 e. The highest BCUT2D eigenvalue weighted by atomic mass is 19.4. The van der Waals surface area contributed by atoms with Gasteiger partial charge in [0.05, 0.1) is 5.56 Å². The van der Waals surface area contributed by atoms with Gasteiger partial charge in [-0.05, 0) is 78.3 Å². The van der Waals surface area contributed by atoms with E-state index < -0.39 is 17.5 Å². The molecule has 0 fully saturated rings. The average Bonchev–Trinajstić information content (AvgIpc) is 2.65. The second-order valence-corrected chi connectivity index (χ2v) is 6.03. The maximum Gasteiger partial charge on any atom is 0.417 e. The number of allylic oxidation sites excluding steroid dienone is 2. The van der Waals surface area contributed by atoms with Gasteiger partial charge in [0.1, 0.15) is 11.5 Å². The Morgan fingerprint density at radius 2 is 1.50 bits per heavy atom. The number of phenols is 2. The van der Waals surface area contributed by atoms with Gasteiger partial charge in [-0.15, -0.1) is 0 Å². The zero-order chi connectivity index (χ0) is 17.5. The normalized spacial score (nSPS) is 15.2. The third kappa shape index (κ3) is 2.98. The summed E-state index contributed by atoms with van der Waals surface area (Å²) in [5.41, 5.74) is 2.50. The lowest BCUT2D eigenvalue weighted by Gasteiger charge is -2.18. The van der Waals surface area contributed by atoms with Crippen molar-refractivity contribution in [2.24, 2.45) is 0 Å². The van der Waals surface area contributed by atoms with Crippen LogP contribution in [-0.2, 0) is 12.6 Å². The van der Waals surface area contributed by atoms with E-state index >= 15 is 0 Å². The van der Waals surface area contributed by atoms with Gasteiger partial charge >= 0.3 is 6.18 Å². The van der Waals surface area contributed by atoms with E-state index in [0.29, 0.717) is 24.8 Å². The van der Waals surface area contributed by atoms with Gasteiger partial charge in [-0.3, -0.25) is 0 Å². The molecule has 126 valence electrons. The topological polar surface area (TPSA) is 40.5 Å². The summed E-state index contributed by atoms with van der Waals surface area (Å²) in [6.07, 6.45) is -2.63. The number of halogens is 3. The van der Waals surface area contributed by atoms with Gasteiger partial charge in [0, 0.05) is 0 Å². The van der Waals surface area contributed by atoms with Crippen molar-refractivity contribution in [2.45, 2.75) is 32.4 Å². The second kappa shape index (κ2) is 5.89. The van der Waals surface area contributed by atoms with E-state index in [-0.39, 0.29) is 11.3 Å². The van der Waals surface area contributed by atoms with E-state index in [9.17, 15) is 23.4 Å². The van der Waals surface area contributed by atoms with Crippen molar-refractivity contribution in [1.29, 1.82) is 0 Å². The predicted octanol–water partition coefficient (Wildman–Crippen LogP) is 5.38. The van der Waals surface area contributed by atoms with Crippen molar-refractivity contribution in [1.82, 2.24) is 0 Å². The van der Waals surface area contributed by atoms with Gasteiger partial charge in [0.15, 0.2) is 0 Å². The van der Waals surface area contributed by atoms with E-state index in [1.165, 1.54) is 12.1 Å². The van der Waals surface area contributed by atoms with Crippen LogP contribution in [0.25, 0.3) is 11.1 Å². The van der Waals surface area contributed by atoms with Crippen LogP contribution in [0.15, 0.2) is 36.4 Å². The fourth-order valence-corrected chi connectivity index (χ4v) is 3.33. The Balaban J connectivity index is 2.22. The number of benzene rings is 2. The van der Waals surface area contributed by atoms with E-state index in [4.69, 9.17) is 0 Å². The SMILES string of the molecule is CC1=C(c2ccc(O)cc2C(F)(F)F)CCCc2cc(O)ccc21. The molecule has 2 nitrogen and oxygen atoms in total. The number of rotatable bonds is 1. The highest BCUT2D eigenvalue weighted by Gasteiger charge is 2.35. The first-order valence-electron chi connectivity index (χ1n) is 7.70. The van der Waals surface area contributed by atoms with Gasteiger partial charge in [0.25, 0.3) is 0 Å². The molecule has 2 aromatic carbocycles. The van der Waals surface area contributed by atoms with E-state index in [2.05, 4.69) is 0 Å². The summed E-state index contributed by atoms with van der Waals surface area (Å²) in [4.78, 5) is 0. The lowest BCUT2D eigenvalue weighted by molar-refractivity contribution is -0.137. The number of hydrogen-bond donors (Lipinski definition) is 2. The molecular formula is C19H17F3O2. The van der Waals surface area contributed by atoms with Crippen molar-refractivity contribution >= 4 is 11.1 Å². The largest absolute Gasteiger partial charge is 0.508 e. The summed E-state index contributed by atoms with van der Waals surface area (Å²) in [6.45, 7) is 1.81. The van der Waals surface area contributed by atoms with Crippen LogP contribution in [-0.4, -0.2) is 10.2 Å². The Kier molecular flexibility index (Phi) is 4.03. The summed E-state index contributed by atoms with van der Waals surface area (Å²) in [7, 11) is 0. The smallest absolute Gasteiger partial charge is 0.417 e. The first kappa shape index (κ1) is 16.4. The van der Waals surface area contributed by atoms with Crippen molar-refractivity contribution in [3.8, 4) is 11.5 Å². The molecule has 2 N–H and O–H groups in total. The summed E-state index contributed by atoms with van der Waals surface area (Å²) in [6, 6.07) is 8.36. The van der Waals surface area contributed by atoms with Gasteiger partial charge in [-0.2, -0.15) is 13.2 Å². The molecule has 0 saturated carbocycles. The third-order valence-corrected chi connectivity index (χ3v) is 4.45. The molecule has 0 atom stereocenters. The fourth-order valence-electron chi connectivity index (χ4n) is 3.33. The quantitative estimate of drug-likeness (QED) is 0.735. The van der Waals surface area contributed by atoms with Crippen LogP contribution < -0.4 is 0 Å². The minimum atomic E-state index is -4.54. The van der Waals surface area contributed by atoms with Crippen LogP contribution in [0.4, 0.5) is 13.2 Å². The Labute approximate surface area is 137 Å². The molecule has 0 bridgehead atoms. The van der Waals surface area contributed by atoms with Crippen LogP contribution >= 0.6 is 0 Å². The predicted molar refractivity (Wildman–Crippen MR) is 86.6 cm³/mol. The van der Waals surface area contributed by atoms with Crippen molar-refractivity contribution < 1.29 is 23.4 Å². The number of aromatic hydroxyl groups is 2. The van der Waals surface area contributed by atoms with Crippen LogP contribution in [0.3, 0.4) is 0 Å². The summed E-state index contributed by atoms with van der Waals surface area (Å²) in [5.74, 6) is -0.242. The number of hydrogen-bond acceptors (Lipinski definition) is 2. The molecule has 24 heavy (non-hydrogen) atoms. The van der Waals surface area contributed by atoms with Gasteiger partial charge in [-0.25, -0.2) is 0 Å². The molecular weight excluding hydrogens is 317 g/mol. The molecule has 0 aliphatic heterocycles. The van der Waals surface area contributed by atoms with Crippen molar-refractivity contribution in [3.63, 3.8) is 0 Å².